The number of carbonyl (C=O) groups excluding carboxylic acids is 1. The van der Waals surface area contributed by atoms with Gasteiger partial charge < -0.3 is 18.5 Å². The van der Waals surface area contributed by atoms with Crippen molar-refractivity contribution in [2.75, 3.05) is 21.3 Å². The van der Waals surface area contributed by atoms with Crippen molar-refractivity contribution in [3.05, 3.63) is 32.9 Å². The van der Waals surface area contributed by atoms with Crippen LogP contribution < -0.4 is 11.2 Å². The van der Waals surface area contributed by atoms with Gasteiger partial charge in [0.1, 0.15) is 0 Å². The van der Waals surface area contributed by atoms with E-state index in [-0.39, 0.29) is 6.42 Å². The number of H-pyrrole nitrogens is 1. The monoisotopic (exact) mass is 394 g/mol. The minimum Gasteiger partial charge on any atom is -0.467 e. The summed E-state index contributed by atoms with van der Waals surface area (Å²) < 4.78 is 46.8. The maximum atomic E-state index is 13.5. The molecular weight excluding hydrogens is 374 g/mol. The Balaban J connectivity index is 2.18. The molecule has 1 N–H and O–H groups in total. The Kier molecular flexibility index (Phi) is 6.51. The van der Waals surface area contributed by atoms with Crippen LogP contribution in [0.5, 0.6) is 0 Å². The number of aromatic amines is 1. The minimum atomic E-state index is -3.90. The lowest BCUT2D eigenvalue weighted by Gasteiger charge is -2.25. The molecule has 0 aromatic carbocycles. The SMILES string of the molecule is COC(=O)C(OC1CCC(n2cc(F)c(=O)[nH]c2=O)C1)P(=O)(OC)OC. The molecule has 0 spiro atoms. The number of esters is 1. The number of methoxy groups -OCH3 is 1. The summed E-state index contributed by atoms with van der Waals surface area (Å²) >= 11 is 0. The fraction of sp³-hybridized carbons (Fsp3) is 0.643. The van der Waals surface area contributed by atoms with Crippen molar-refractivity contribution in [2.45, 2.75) is 37.3 Å². The first-order valence-electron chi connectivity index (χ1n) is 7.71. The number of halogens is 1. The Bertz CT molecular complexity index is 814. The summed E-state index contributed by atoms with van der Waals surface area (Å²) in [6, 6.07) is -0.457. The molecule has 2 rings (SSSR count). The molecule has 146 valence electrons. The van der Waals surface area contributed by atoms with E-state index in [4.69, 9.17) is 13.8 Å². The summed E-state index contributed by atoms with van der Waals surface area (Å²) in [5.74, 6) is -3.59. The van der Waals surface area contributed by atoms with Gasteiger partial charge in [0.15, 0.2) is 0 Å². The van der Waals surface area contributed by atoms with Crippen LogP contribution in [0.1, 0.15) is 25.3 Å². The van der Waals surface area contributed by atoms with Gasteiger partial charge >= 0.3 is 19.3 Å². The standard InChI is InChI=1S/C14H20FN2O8P/c1-22-12(19)13(26(21,23-2)24-3)25-9-5-4-8(6-9)17-7-10(15)11(18)16-14(17)20/h7-9,13H,4-6H2,1-3H3,(H,16,18,20). The summed E-state index contributed by atoms with van der Waals surface area (Å²) in [5.41, 5.74) is -1.84. The molecule has 1 saturated carbocycles. The summed E-state index contributed by atoms with van der Waals surface area (Å²) in [7, 11) is -0.570. The first-order valence-corrected chi connectivity index (χ1v) is 9.32. The second-order valence-electron chi connectivity index (χ2n) is 5.65. The van der Waals surface area contributed by atoms with Crippen LogP contribution in [-0.2, 0) is 27.9 Å². The summed E-state index contributed by atoms with van der Waals surface area (Å²) in [4.78, 5) is 36.8. The Hall–Kier alpha value is -1.81. The Morgan fingerprint density at radius 3 is 2.54 bits per heavy atom. The molecule has 1 aliphatic rings. The van der Waals surface area contributed by atoms with E-state index in [0.717, 1.165) is 32.1 Å². The van der Waals surface area contributed by atoms with Crippen LogP contribution >= 0.6 is 7.60 Å². The van der Waals surface area contributed by atoms with Crippen LogP contribution in [0, 0.1) is 5.82 Å². The average Bonchev–Trinajstić information content (AvgIpc) is 3.09. The third kappa shape index (κ3) is 4.12. The molecule has 1 heterocycles. The van der Waals surface area contributed by atoms with E-state index in [0.29, 0.717) is 12.8 Å². The number of hydrogen-bond acceptors (Lipinski definition) is 8. The molecule has 12 heteroatoms. The number of nitrogens with one attached hydrogen (secondary N) is 1. The first kappa shape index (κ1) is 20.5. The molecule has 0 bridgehead atoms. The van der Waals surface area contributed by atoms with Crippen molar-refractivity contribution in [3.63, 3.8) is 0 Å². The van der Waals surface area contributed by atoms with Gasteiger partial charge in [-0.15, -0.1) is 0 Å². The highest BCUT2D eigenvalue weighted by molar-refractivity contribution is 7.55. The fourth-order valence-electron chi connectivity index (χ4n) is 2.83. The van der Waals surface area contributed by atoms with Crippen molar-refractivity contribution in [1.82, 2.24) is 9.55 Å². The lowest BCUT2D eigenvalue weighted by molar-refractivity contribution is -0.152. The average molecular weight is 394 g/mol. The van der Waals surface area contributed by atoms with E-state index in [2.05, 4.69) is 4.74 Å². The normalized spacial score (nSPS) is 21.5. The van der Waals surface area contributed by atoms with E-state index >= 15 is 0 Å². The van der Waals surface area contributed by atoms with E-state index in [1.807, 2.05) is 4.98 Å². The number of ether oxygens (including phenoxy) is 2. The van der Waals surface area contributed by atoms with Gasteiger partial charge in [0.2, 0.25) is 5.82 Å². The number of carbonyl (C=O) groups is 1. The second-order valence-corrected chi connectivity index (χ2v) is 7.93. The summed E-state index contributed by atoms with van der Waals surface area (Å²) in [5, 5.41) is 0. The minimum absolute atomic E-state index is 0.228. The Labute approximate surface area is 147 Å². The van der Waals surface area contributed by atoms with Crippen molar-refractivity contribution in [3.8, 4) is 0 Å². The van der Waals surface area contributed by atoms with Crippen LogP contribution in [-0.4, -0.2) is 48.8 Å². The Morgan fingerprint density at radius 1 is 1.31 bits per heavy atom. The van der Waals surface area contributed by atoms with Crippen molar-refractivity contribution in [1.29, 1.82) is 0 Å². The van der Waals surface area contributed by atoms with Gasteiger partial charge in [-0.2, -0.15) is 4.39 Å². The number of aromatic nitrogens is 2. The zero-order chi connectivity index (χ0) is 19.5. The molecular formula is C14H20FN2O8P. The highest BCUT2D eigenvalue weighted by Gasteiger charge is 2.45. The van der Waals surface area contributed by atoms with Crippen molar-refractivity contribution in [2.24, 2.45) is 0 Å². The van der Waals surface area contributed by atoms with E-state index in [9.17, 15) is 23.3 Å². The Morgan fingerprint density at radius 2 is 1.96 bits per heavy atom. The van der Waals surface area contributed by atoms with Gasteiger partial charge in [0.25, 0.3) is 11.4 Å². The molecule has 0 radical (unpaired) electrons. The second kappa shape index (κ2) is 8.26. The van der Waals surface area contributed by atoms with Gasteiger partial charge in [-0.3, -0.25) is 18.9 Å². The van der Waals surface area contributed by atoms with Crippen LogP contribution in [0.4, 0.5) is 4.39 Å². The van der Waals surface area contributed by atoms with Gasteiger partial charge in [-0.25, -0.2) is 9.59 Å². The predicted molar refractivity (Wildman–Crippen MR) is 86.5 cm³/mol. The van der Waals surface area contributed by atoms with Crippen molar-refractivity contribution >= 4 is 13.6 Å². The van der Waals surface area contributed by atoms with Gasteiger partial charge in [0.05, 0.1) is 19.4 Å². The maximum Gasteiger partial charge on any atom is 0.370 e. The molecule has 3 unspecified atom stereocenters. The highest BCUT2D eigenvalue weighted by Crippen LogP contribution is 2.53. The summed E-state index contributed by atoms with van der Waals surface area (Å²) in [6.07, 6.45) is 1.31. The zero-order valence-electron chi connectivity index (χ0n) is 14.5. The fourth-order valence-corrected chi connectivity index (χ4v) is 4.05. The van der Waals surface area contributed by atoms with Crippen LogP contribution in [0.3, 0.4) is 0 Å². The molecule has 10 nitrogen and oxygen atoms in total. The van der Waals surface area contributed by atoms with Gasteiger partial charge in [-0.05, 0) is 19.3 Å². The molecule has 0 saturated heterocycles. The molecule has 1 aliphatic carbocycles. The predicted octanol–water partition coefficient (Wildman–Crippen LogP) is 0.771. The molecule has 1 aromatic heterocycles. The largest absolute Gasteiger partial charge is 0.467 e. The van der Waals surface area contributed by atoms with Crippen molar-refractivity contribution < 1.29 is 32.3 Å². The molecule has 0 amide bonds. The molecule has 26 heavy (non-hydrogen) atoms. The van der Waals surface area contributed by atoms with E-state index in [1.165, 1.54) is 0 Å². The smallest absolute Gasteiger partial charge is 0.370 e. The van der Waals surface area contributed by atoms with Gasteiger partial charge in [-0.1, -0.05) is 0 Å². The zero-order valence-corrected chi connectivity index (χ0v) is 15.4. The quantitative estimate of drug-likeness (QED) is 0.531. The molecule has 3 atom stereocenters. The lowest BCUT2D eigenvalue weighted by atomic mass is 10.2. The maximum absolute atomic E-state index is 13.5. The summed E-state index contributed by atoms with van der Waals surface area (Å²) in [6.45, 7) is 0. The van der Waals surface area contributed by atoms with Gasteiger partial charge in [0, 0.05) is 20.3 Å². The molecule has 1 fully saturated rings. The topological polar surface area (TPSA) is 126 Å². The highest BCUT2D eigenvalue weighted by atomic mass is 31.2. The van der Waals surface area contributed by atoms with E-state index < -0.39 is 48.6 Å². The van der Waals surface area contributed by atoms with Crippen LogP contribution in [0.2, 0.25) is 0 Å². The van der Waals surface area contributed by atoms with Crippen LogP contribution in [0.15, 0.2) is 15.8 Å². The third-order valence-corrected chi connectivity index (χ3v) is 6.12. The third-order valence-electron chi connectivity index (χ3n) is 4.19. The van der Waals surface area contributed by atoms with E-state index in [1.54, 1.807) is 0 Å². The molecule has 1 aromatic rings. The number of rotatable bonds is 7. The number of nitrogens with zero attached hydrogens (tertiary/aromatic N) is 1. The number of hydrogen-bond donors (Lipinski definition) is 1. The van der Waals surface area contributed by atoms with Crippen LogP contribution in [0.25, 0.3) is 0 Å². The first-order chi connectivity index (χ1) is 12.3. The molecule has 0 aliphatic heterocycles. The lowest BCUT2D eigenvalue weighted by Crippen LogP contribution is -2.34.